The molecule has 1 aromatic heterocycles. The van der Waals surface area contributed by atoms with E-state index in [9.17, 15) is 4.79 Å². The quantitative estimate of drug-likeness (QED) is 0.790. The van der Waals surface area contributed by atoms with Gasteiger partial charge in [-0.2, -0.15) is 0 Å². The van der Waals surface area contributed by atoms with E-state index in [-0.39, 0.29) is 0 Å². The van der Waals surface area contributed by atoms with E-state index >= 15 is 0 Å². The molecule has 0 aliphatic heterocycles. The molecule has 0 unspecified atom stereocenters. The molecule has 2 aromatic rings. The van der Waals surface area contributed by atoms with Crippen molar-refractivity contribution in [3.05, 3.63) is 47.1 Å². The number of halogens is 1. The number of nitrogens with two attached hydrogens (primary N) is 2. The fraction of sp³-hybridized carbons (Fsp3) is 0. The highest BCUT2D eigenvalue weighted by Gasteiger charge is 2.03. The fourth-order valence-corrected chi connectivity index (χ4v) is 1.58. The first kappa shape index (κ1) is 12.2. The molecule has 0 radical (unpaired) electrons. The first-order chi connectivity index (χ1) is 8.56. The number of amides is 1. The molecule has 5 N–H and O–H groups in total. The molecule has 0 saturated heterocycles. The number of nitrogens with zero attached hydrogens (tertiary/aromatic N) is 1. The molecule has 1 aromatic carbocycles. The number of hydrogen-bond donors (Lipinski definition) is 3. The zero-order valence-corrected chi connectivity index (χ0v) is 10.1. The Bertz CT molecular complexity index is 583. The normalized spacial score (nSPS) is 10.1. The zero-order valence-electron chi connectivity index (χ0n) is 9.35. The summed E-state index contributed by atoms with van der Waals surface area (Å²) >= 11 is 5.75. The summed E-state index contributed by atoms with van der Waals surface area (Å²) in [6.45, 7) is 0. The maximum Gasteiger partial charge on any atom is 0.248 e. The molecule has 5 nitrogen and oxygen atoms in total. The van der Waals surface area contributed by atoms with E-state index < -0.39 is 5.91 Å². The van der Waals surface area contributed by atoms with Gasteiger partial charge >= 0.3 is 0 Å². The topological polar surface area (TPSA) is 94.0 Å². The van der Waals surface area contributed by atoms with Crippen LogP contribution >= 0.6 is 11.6 Å². The Morgan fingerprint density at radius 1 is 1.28 bits per heavy atom. The van der Waals surface area contributed by atoms with Gasteiger partial charge in [0, 0.05) is 17.4 Å². The molecule has 1 heterocycles. The van der Waals surface area contributed by atoms with E-state index in [1.54, 1.807) is 30.3 Å². The zero-order chi connectivity index (χ0) is 13.1. The van der Waals surface area contributed by atoms with E-state index in [1.165, 1.54) is 6.20 Å². The Labute approximate surface area is 109 Å². The molecular formula is C12H11ClN4O. The number of benzene rings is 1. The lowest BCUT2D eigenvalue weighted by atomic mass is 10.2. The number of primary amides is 1. The molecular weight excluding hydrogens is 252 g/mol. The van der Waals surface area contributed by atoms with Gasteiger partial charge < -0.3 is 16.8 Å². The Balaban J connectivity index is 2.21. The number of aromatic nitrogens is 1. The van der Waals surface area contributed by atoms with Gasteiger partial charge in [0.05, 0.1) is 10.7 Å². The van der Waals surface area contributed by atoms with Crippen molar-refractivity contribution >= 4 is 34.7 Å². The van der Waals surface area contributed by atoms with Gasteiger partial charge in [-0.3, -0.25) is 4.79 Å². The van der Waals surface area contributed by atoms with Gasteiger partial charge in [0.25, 0.3) is 0 Å². The molecule has 18 heavy (non-hydrogen) atoms. The molecule has 0 fully saturated rings. The van der Waals surface area contributed by atoms with Gasteiger partial charge in [-0.05, 0) is 30.3 Å². The Kier molecular flexibility index (Phi) is 3.34. The van der Waals surface area contributed by atoms with Crippen LogP contribution in [0, 0.1) is 0 Å². The molecule has 0 aliphatic carbocycles. The number of anilines is 3. The molecule has 0 atom stereocenters. The average Bonchev–Trinajstić information content (AvgIpc) is 2.33. The highest BCUT2D eigenvalue weighted by atomic mass is 35.5. The number of nitrogen functional groups attached to an aromatic ring is 1. The van der Waals surface area contributed by atoms with Gasteiger partial charge in [-0.25, -0.2) is 4.98 Å². The summed E-state index contributed by atoms with van der Waals surface area (Å²) in [5, 5.41) is 3.49. The lowest BCUT2D eigenvalue weighted by Gasteiger charge is -2.08. The second-order valence-corrected chi connectivity index (χ2v) is 4.09. The van der Waals surface area contributed by atoms with Crippen molar-refractivity contribution in [3.63, 3.8) is 0 Å². The van der Waals surface area contributed by atoms with Crippen LogP contribution in [0.15, 0.2) is 36.5 Å². The molecule has 0 bridgehead atoms. The van der Waals surface area contributed by atoms with Crippen LogP contribution < -0.4 is 16.8 Å². The predicted octanol–water partition coefficient (Wildman–Crippen LogP) is 2.16. The van der Waals surface area contributed by atoms with Crippen LogP contribution in [0.5, 0.6) is 0 Å². The van der Waals surface area contributed by atoms with Gasteiger partial charge in [-0.15, -0.1) is 0 Å². The lowest BCUT2D eigenvalue weighted by Crippen LogP contribution is -2.10. The first-order valence-corrected chi connectivity index (χ1v) is 5.52. The van der Waals surface area contributed by atoms with Crippen molar-refractivity contribution in [1.82, 2.24) is 4.98 Å². The van der Waals surface area contributed by atoms with Crippen molar-refractivity contribution in [3.8, 4) is 0 Å². The minimum atomic E-state index is -0.467. The highest BCUT2D eigenvalue weighted by molar-refractivity contribution is 6.30. The lowest BCUT2D eigenvalue weighted by molar-refractivity contribution is 0.100. The van der Waals surface area contributed by atoms with Crippen molar-refractivity contribution in [2.24, 2.45) is 5.73 Å². The summed E-state index contributed by atoms with van der Waals surface area (Å²) in [5.41, 5.74) is 12.6. The van der Waals surface area contributed by atoms with Crippen molar-refractivity contribution in [2.75, 3.05) is 11.1 Å². The van der Waals surface area contributed by atoms with Crippen LogP contribution in [0.25, 0.3) is 0 Å². The Morgan fingerprint density at radius 2 is 1.94 bits per heavy atom. The number of carbonyl (C=O) groups is 1. The van der Waals surface area contributed by atoms with E-state index in [0.29, 0.717) is 22.1 Å². The molecule has 6 heteroatoms. The van der Waals surface area contributed by atoms with Crippen LogP contribution in [0.4, 0.5) is 17.2 Å². The number of hydrogen-bond acceptors (Lipinski definition) is 4. The third kappa shape index (κ3) is 2.70. The summed E-state index contributed by atoms with van der Waals surface area (Å²) in [6.07, 6.45) is 1.50. The molecule has 1 amide bonds. The second kappa shape index (κ2) is 4.93. The van der Waals surface area contributed by atoms with Crippen molar-refractivity contribution in [1.29, 1.82) is 0 Å². The summed E-state index contributed by atoms with van der Waals surface area (Å²) in [5.74, 6) is 0.0388. The van der Waals surface area contributed by atoms with Crippen LogP contribution in [0.3, 0.4) is 0 Å². The Hall–Kier alpha value is -2.27. The van der Waals surface area contributed by atoms with Crippen LogP contribution in [-0.4, -0.2) is 10.9 Å². The maximum absolute atomic E-state index is 10.9. The predicted molar refractivity (Wildman–Crippen MR) is 71.9 cm³/mol. The fourth-order valence-electron chi connectivity index (χ4n) is 1.41. The van der Waals surface area contributed by atoms with E-state index in [1.807, 2.05) is 0 Å². The van der Waals surface area contributed by atoms with E-state index in [0.717, 1.165) is 5.69 Å². The van der Waals surface area contributed by atoms with Crippen molar-refractivity contribution in [2.45, 2.75) is 0 Å². The third-order valence-electron chi connectivity index (χ3n) is 2.32. The molecule has 0 saturated carbocycles. The minimum Gasteiger partial charge on any atom is -0.396 e. The Morgan fingerprint density at radius 3 is 2.50 bits per heavy atom. The first-order valence-electron chi connectivity index (χ1n) is 5.14. The number of pyridine rings is 1. The summed E-state index contributed by atoms with van der Waals surface area (Å²) in [6, 6.07) is 8.29. The highest BCUT2D eigenvalue weighted by Crippen LogP contribution is 2.23. The smallest absolute Gasteiger partial charge is 0.248 e. The SMILES string of the molecule is NC(=O)c1ccc(Nc2ncc(Cl)cc2N)cc1. The maximum atomic E-state index is 10.9. The monoisotopic (exact) mass is 262 g/mol. The largest absolute Gasteiger partial charge is 0.396 e. The standard InChI is InChI=1S/C12H11ClN4O/c13-8-5-10(14)12(16-6-8)17-9-3-1-7(2-4-9)11(15)18/h1-6H,14H2,(H2,15,18)(H,16,17). The molecule has 92 valence electrons. The summed E-state index contributed by atoms with van der Waals surface area (Å²) < 4.78 is 0. The summed E-state index contributed by atoms with van der Waals surface area (Å²) in [4.78, 5) is 15.0. The van der Waals surface area contributed by atoms with Gasteiger partial charge in [0.1, 0.15) is 0 Å². The molecule has 0 aliphatic rings. The van der Waals surface area contributed by atoms with E-state index in [4.69, 9.17) is 23.1 Å². The third-order valence-corrected chi connectivity index (χ3v) is 2.52. The van der Waals surface area contributed by atoms with Gasteiger partial charge in [0.15, 0.2) is 5.82 Å². The number of carbonyl (C=O) groups excluding carboxylic acids is 1. The minimum absolute atomic E-state index is 0.442. The van der Waals surface area contributed by atoms with E-state index in [2.05, 4.69) is 10.3 Å². The average molecular weight is 263 g/mol. The van der Waals surface area contributed by atoms with Crippen LogP contribution in [0.2, 0.25) is 5.02 Å². The van der Waals surface area contributed by atoms with Gasteiger partial charge in [-0.1, -0.05) is 11.6 Å². The summed E-state index contributed by atoms with van der Waals surface area (Å²) in [7, 11) is 0. The molecule has 2 rings (SSSR count). The van der Waals surface area contributed by atoms with Gasteiger partial charge in [0.2, 0.25) is 5.91 Å². The van der Waals surface area contributed by atoms with Crippen LogP contribution in [-0.2, 0) is 0 Å². The number of rotatable bonds is 3. The second-order valence-electron chi connectivity index (χ2n) is 3.66. The van der Waals surface area contributed by atoms with Crippen molar-refractivity contribution < 1.29 is 4.79 Å². The number of nitrogens with one attached hydrogen (secondary N) is 1. The molecule has 0 spiro atoms. The van der Waals surface area contributed by atoms with Crippen LogP contribution in [0.1, 0.15) is 10.4 Å².